The minimum absolute atomic E-state index is 0.881. The van der Waals surface area contributed by atoms with Crippen LogP contribution in [-0.2, 0) is 0 Å². The first kappa shape index (κ1) is 31.6. The van der Waals surface area contributed by atoms with Crippen LogP contribution in [0.25, 0.3) is 106 Å². The highest BCUT2D eigenvalue weighted by atomic mass is 32.1. The first-order chi connectivity index (χ1) is 26.4. The molecule has 8 aromatic carbocycles. The van der Waals surface area contributed by atoms with Gasteiger partial charge in [0.15, 0.2) is 0 Å². The van der Waals surface area contributed by atoms with Gasteiger partial charge in [-0.25, -0.2) is 4.98 Å². The highest BCUT2D eigenvalue weighted by molar-refractivity contribution is 7.27. The van der Waals surface area contributed by atoms with Gasteiger partial charge in [-0.1, -0.05) is 84.4 Å². The van der Waals surface area contributed by atoms with Crippen molar-refractivity contribution in [2.24, 2.45) is 0 Å². The molecule has 4 heteroatoms. The number of rotatable bonds is 3. The summed E-state index contributed by atoms with van der Waals surface area (Å²) >= 11 is 3.85. The summed E-state index contributed by atoms with van der Waals surface area (Å²) in [6.07, 6.45) is 1.93. The highest BCUT2D eigenvalue weighted by Gasteiger charge is 2.19. The van der Waals surface area contributed by atoms with Crippen LogP contribution in [0.4, 0.5) is 0 Å². The first-order valence-corrected chi connectivity index (χ1v) is 20.1. The van der Waals surface area contributed by atoms with E-state index >= 15 is 0 Å². The van der Waals surface area contributed by atoms with Crippen molar-refractivity contribution in [2.45, 2.75) is 27.7 Å². The lowest BCUT2D eigenvalue weighted by atomic mass is 9.95. The van der Waals surface area contributed by atoms with Gasteiger partial charge in [-0.3, -0.25) is 4.98 Å². The van der Waals surface area contributed by atoms with Crippen LogP contribution in [0.5, 0.6) is 0 Å². The lowest BCUT2D eigenvalue weighted by Crippen LogP contribution is -1.92. The summed E-state index contributed by atoms with van der Waals surface area (Å²) in [4.78, 5) is 10.3. The number of hydrogen-bond acceptors (Lipinski definition) is 4. The van der Waals surface area contributed by atoms with Gasteiger partial charge in [-0.2, -0.15) is 0 Å². The zero-order valence-corrected chi connectivity index (χ0v) is 32.0. The zero-order valence-electron chi connectivity index (χ0n) is 30.4. The fraction of sp³-hybridized carbons (Fsp3) is 0.0800. The van der Waals surface area contributed by atoms with Crippen LogP contribution >= 0.6 is 22.7 Å². The average molecular weight is 727 g/mol. The van der Waals surface area contributed by atoms with E-state index in [1.807, 2.05) is 28.9 Å². The third-order valence-corrected chi connectivity index (χ3v) is 13.5. The molecule has 256 valence electrons. The van der Waals surface area contributed by atoms with Crippen LogP contribution in [-0.4, -0.2) is 9.97 Å². The van der Waals surface area contributed by atoms with Crippen molar-refractivity contribution in [2.75, 3.05) is 0 Å². The largest absolute Gasteiger partial charge is 0.252 e. The third kappa shape index (κ3) is 4.77. The van der Waals surface area contributed by atoms with Gasteiger partial charge in [0.2, 0.25) is 0 Å². The second-order valence-electron chi connectivity index (χ2n) is 14.9. The number of benzene rings is 8. The topological polar surface area (TPSA) is 25.8 Å². The van der Waals surface area contributed by atoms with Crippen molar-refractivity contribution in [1.29, 1.82) is 0 Å². The van der Waals surface area contributed by atoms with E-state index in [0.29, 0.717) is 0 Å². The van der Waals surface area contributed by atoms with Crippen LogP contribution in [0.2, 0.25) is 0 Å². The van der Waals surface area contributed by atoms with Crippen LogP contribution in [0.1, 0.15) is 22.3 Å². The normalized spacial score (nSPS) is 12.1. The minimum Gasteiger partial charge on any atom is -0.252 e. The smallest absolute Gasteiger partial charge is 0.0979 e. The predicted molar refractivity (Wildman–Crippen MR) is 236 cm³/mol. The van der Waals surface area contributed by atoms with Crippen LogP contribution in [0, 0.1) is 27.7 Å². The Balaban J connectivity index is 1.06. The maximum absolute atomic E-state index is 5.25. The monoisotopic (exact) mass is 726 g/mol. The van der Waals surface area contributed by atoms with Crippen molar-refractivity contribution >= 4 is 95.6 Å². The quantitative estimate of drug-likeness (QED) is 0.169. The minimum atomic E-state index is 0.881. The van der Waals surface area contributed by atoms with Crippen LogP contribution < -0.4 is 0 Å². The number of nitrogens with zero attached hydrogens (tertiary/aromatic N) is 2. The number of hydrogen-bond donors (Lipinski definition) is 0. The van der Waals surface area contributed by atoms with Gasteiger partial charge in [0.05, 0.1) is 22.9 Å². The van der Waals surface area contributed by atoms with E-state index in [9.17, 15) is 0 Å². The van der Waals surface area contributed by atoms with Crippen molar-refractivity contribution in [3.05, 3.63) is 156 Å². The molecule has 0 aliphatic heterocycles. The lowest BCUT2D eigenvalue weighted by Gasteiger charge is -2.11. The summed E-state index contributed by atoms with van der Waals surface area (Å²) in [5.74, 6) is 0. The van der Waals surface area contributed by atoms with Crippen molar-refractivity contribution < 1.29 is 0 Å². The van der Waals surface area contributed by atoms with Gasteiger partial charge in [0, 0.05) is 67.8 Å². The number of aromatic nitrogens is 2. The molecule has 3 heterocycles. The Morgan fingerprint density at radius 2 is 0.889 bits per heavy atom. The summed E-state index contributed by atoms with van der Waals surface area (Å²) < 4.78 is 5.40. The summed E-state index contributed by atoms with van der Waals surface area (Å²) in [6, 6.07) is 47.1. The molecule has 0 saturated carbocycles. The first-order valence-electron chi connectivity index (χ1n) is 18.5. The standard InChI is InChI=1S/C50H34N2S2/c1-27-13-18-45-38(19-27)39-21-29(3)23-41(49(39)53-45)43-25-30(4)24-42-40-22-28(2)20-37(48(40)54-50(42)43)31-14-16-32(17-15-31)44-26-51-46-35-11-7-5-9-33(35)34-10-6-8-12-36(34)47(46)52-44/h5-26H,1-4H3. The van der Waals surface area contributed by atoms with E-state index in [1.165, 1.54) is 95.6 Å². The number of fused-ring (bicyclic) bond motifs is 12. The molecule has 11 rings (SSSR count). The fourth-order valence-corrected chi connectivity index (χ4v) is 11.1. The van der Waals surface area contributed by atoms with Gasteiger partial charge in [0.1, 0.15) is 0 Å². The maximum Gasteiger partial charge on any atom is 0.0979 e. The molecule has 0 saturated heterocycles. The Morgan fingerprint density at radius 1 is 0.389 bits per heavy atom. The van der Waals surface area contributed by atoms with Crippen molar-refractivity contribution in [3.8, 4) is 33.5 Å². The molecule has 0 fully saturated rings. The van der Waals surface area contributed by atoms with E-state index in [-0.39, 0.29) is 0 Å². The summed E-state index contributed by atoms with van der Waals surface area (Å²) in [6.45, 7) is 8.89. The van der Waals surface area contributed by atoms with Gasteiger partial charge in [-0.15, -0.1) is 22.7 Å². The molecule has 0 aliphatic carbocycles. The Kier molecular flexibility index (Phi) is 6.89. The molecule has 0 atom stereocenters. The number of thiophene rings is 2. The van der Waals surface area contributed by atoms with E-state index in [2.05, 4.69) is 155 Å². The van der Waals surface area contributed by atoms with E-state index in [4.69, 9.17) is 9.97 Å². The van der Waals surface area contributed by atoms with E-state index < -0.39 is 0 Å². The molecular weight excluding hydrogens is 693 g/mol. The molecule has 54 heavy (non-hydrogen) atoms. The molecule has 0 spiro atoms. The Labute approximate surface area is 321 Å². The zero-order chi connectivity index (χ0) is 36.2. The molecule has 0 radical (unpaired) electrons. The molecule has 2 nitrogen and oxygen atoms in total. The second kappa shape index (κ2) is 11.8. The highest BCUT2D eigenvalue weighted by Crippen LogP contribution is 2.48. The van der Waals surface area contributed by atoms with E-state index in [1.54, 1.807) is 0 Å². The molecule has 0 unspecified atom stereocenters. The summed E-state index contributed by atoms with van der Waals surface area (Å²) in [7, 11) is 0. The second-order valence-corrected chi connectivity index (χ2v) is 17.0. The Morgan fingerprint density at radius 3 is 1.54 bits per heavy atom. The average Bonchev–Trinajstić information content (AvgIpc) is 3.74. The van der Waals surface area contributed by atoms with Gasteiger partial charge < -0.3 is 0 Å². The maximum atomic E-state index is 5.25. The fourth-order valence-electron chi connectivity index (χ4n) is 8.60. The number of aryl methyl sites for hydroxylation is 4. The Hall–Kier alpha value is -5.94. The molecule has 0 amide bonds. The summed E-state index contributed by atoms with van der Waals surface area (Å²) in [5, 5.41) is 10.1. The molecule has 0 N–H and O–H groups in total. The lowest BCUT2D eigenvalue weighted by molar-refractivity contribution is 1.31. The summed E-state index contributed by atoms with van der Waals surface area (Å²) in [5.41, 5.74) is 14.1. The van der Waals surface area contributed by atoms with Crippen molar-refractivity contribution in [1.82, 2.24) is 9.97 Å². The third-order valence-electron chi connectivity index (χ3n) is 11.0. The van der Waals surface area contributed by atoms with Crippen LogP contribution in [0.3, 0.4) is 0 Å². The molecule has 0 aliphatic rings. The predicted octanol–water partition coefficient (Wildman–Crippen LogP) is 14.9. The molecular formula is C50H34N2S2. The van der Waals surface area contributed by atoms with E-state index in [0.717, 1.165) is 33.1 Å². The molecule has 0 bridgehead atoms. The van der Waals surface area contributed by atoms with Crippen molar-refractivity contribution in [3.63, 3.8) is 0 Å². The van der Waals surface area contributed by atoms with Gasteiger partial charge in [0.25, 0.3) is 0 Å². The van der Waals surface area contributed by atoms with Gasteiger partial charge in [-0.05, 0) is 115 Å². The van der Waals surface area contributed by atoms with Gasteiger partial charge >= 0.3 is 0 Å². The van der Waals surface area contributed by atoms with Crippen LogP contribution in [0.15, 0.2) is 134 Å². The Bertz CT molecular complexity index is 3330. The molecule has 3 aromatic heterocycles. The molecule has 11 aromatic rings. The SMILES string of the molecule is Cc1ccc2sc3c(-c4cc(C)cc5c4sc4c(-c6ccc(-c7cnc8c9ccccc9c9ccccc9c8n7)cc6)cc(C)cc45)cc(C)cc3c2c1.